The molecule has 1 saturated heterocycles. The van der Waals surface area contributed by atoms with E-state index in [1.807, 2.05) is 30.3 Å². The molecule has 9 heteroatoms. The first kappa shape index (κ1) is 19.7. The molecule has 30 heavy (non-hydrogen) atoms. The summed E-state index contributed by atoms with van der Waals surface area (Å²) in [5, 5.41) is 9.01. The Hall–Kier alpha value is -3.62. The molecule has 1 aliphatic rings. The van der Waals surface area contributed by atoms with Crippen LogP contribution in [0.1, 0.15) is 10.4 Å². The van der Waals surface area contributed by atoms with Crippen LogP contribution in [0, 0.1) is 0 Å². The number of anilines is 1. The van der Waals surface area contributed by atoms with Gasteiger partial charge in [-0.1, -0.05) is 18.2 Å². The van der Waals surface area contributed by atoms with Gasteiger partial charge in [0.15, 0.2) is 5.82 Å². The van der Waals surface area contributed by atoms with Gasteiger partial charge in [0.2, 0.25) is 11.8 Å². The van der Waals surface area contributed by atoms with E-state index >= 15 is 0 Å². The molecule has 0 aliphatic carbocycles. The van der Waals surface area contributed by atoms with Crippen molar-refractivity contribution in [1.29, 1.82) is 0 Å². The quantitative estimate of drug-likeness (QED) is 0.686. The second kappa shape index (κ2) is 8.40. The molecule has 0 saturated carbocycles. The number of para-hydroxylation sites is 1. The van der Waals surface area contributed by atoms with Gasteiger partial charge in [0, 0.05) is 56.4 Å². The summed E-state index contributed by atoms with van der Waals surface area (Å²) < 4.78 is 5.03. The van der Waals surface area contributed by atoms with E-state index in [4.69, 9.17) is 4.74 Å². The number of rotatable bonds is 5. The third-order valence-electron chi connectivity index (χ3n) is 5.33. The number of amides is 2. The van der Waals surface area contributed by atoms with Gasteiger partial charge in [-0.25, -0.2) is 0 Å². The molecule has 2 aromatic heterocycles. The first-order valence-corrected chi connectivity index (χ1v) is 9.79. The molecule has 1 fully saturated rings. The zero-order valence-electron chi connectivity index (χ0n) is 17.0. The van der Waals surface area contributed by atoms with Crippen molar-refractivity contribution < 1.29 is 14.3 Å². The van der Waals surface area contributed by atoms with E-state index in [2.05, 4.69) is 20.1 Å². The lowest BCUT2D eigenvalue weighted by atomic mass is 10.1. The minimum Gasteiger partial charge on any atom is -0.480 e. The van der Waals surface area contributed by atoms with E-state index in [1.54, 1.807) is 31.3 Å². The fourth-order valence-electron chi connectivity index (χ4n) is 3.60. The van der Waals surface area contributed by atoms with Crippen molar-refractivity contribution in [3.05, 3.63) is 48.2 Å². The predicted octanol–water partition coefficient (Wildman–Crippen LogP) is 1.39. The maximum absolute atomic E-state index is 12.8. The Balaban J connectivity index is 1.33. The van der Waals surface area contributed by atoms with Crippen LogP contribution in [0.15, 0.2) is 42.6 Å². The summed E-state index contributed by atoms with van der Waals surface area (Å²) in [5.74, 6) is 0.990. The van der Waals surface area contributed by atoms with Crippen LogP contribution in [-0.4, -0.2) is 83.7 Å². The Kier molecular flexibility index (Phi) is 5.51. The molecule has 0 bridgehead atoms. The van der Waals surface area contributed by atoms with Crippen molar-refractivity contribution in [1.82, 2.24) is 25.0 Å². The Labute approximate surface area is 174 Å². The smallest absolute Gasteiger partial charge is 0.256 e. The molecular weight excluding hydrogens is 384 g/mol. The van der Waals surface area contributed by atoms with Gasteiger partial charge >= 0.3 is 0 Å². The van der Waals surface area contributed by atoms with E-state index in [9.17, 15) is 9.59 Å². The lowest BCUT2D eigenvalue weighted by molar-refractivity contribution is -0.131. The maximum atomic E-state index is 12.8. The molecule has 1 aliphatic heterocycles. The number of methoxy groups -OCH3 is 1. The van der Waals surface area contributed by atoms with Crippen LogP contribution < -0.4 is 9.64 Å². The summed E-state index contributed by atoms with van der Waals surface area (Å²) in [5.41, 5.74) is 1.47. The number of nitrogens with zero attached hydrogens (tertiary/aromatic N) is 5. The zero-order valence-corrected chi connectivity index (χ0v) is 17.0. The maximum Gasteiger partial charge on any atom is 0.256 e. The van der Waals surface area contributed by atoms with Gasteiger partial charge in [-0.15, -0.1) is 10.2 Å². The standard InChI is InChI=1S/C21H24N6O3/c1-25(21(29)16-13-22-17-6-4-3-5-15(16)17)14-20(28)27-11-9-26(10-12-27)18-7-8-19(30-2)24-23-18/h3-8,13,22H,9-12,14H2,1-2H3. The van der Waals surface area contributed by atoms with Crippen molar-refractivity contribution in [3.63, 3.8) is 0 Å². The van der Waals surface area contributed by atoms with E-state index in [-0.39, 0.29) is 18.4 Å². The molecule has 156 valence electrons. The minimum atomic E-state index is -0.173. The number of likely N-dealkylation sites (N-methyl/N-ethyl adjacent to an activating group) is 1. The van der Waals surface area contributed by atoms with Crippen molar-refractivity contribution in [2.24, 2.45) is 0 Å². The SMILES string of the molecule is COc1ccc(N2CCN(C(=O)CN(C)C(=O)c3c[nH]c4ccccc34)CC2)nn1. The minimum absolute atomic E-state index is 0.0423. The van der Waals surface area contributed by atoms with E-state index in [0.29, 0.717) is 37.6 Å². The van der Waals surface area contributed by atoms with Crippen LogP contribution in [0.5, 0.6) is 5.88 Å². The molecule has 0 radical (unpaired) electrons. The van der Waals surface area contributed by atoms with Crippen molar-refractivity contribution in [2.45, 2.75) is 0 Å². The van der Waals surface area contributed by atoms with Crippen LogP contribution in [0.4, 0.5) is 5.82 Å². The average molecular weight is 408 g/mol. The Morgan fingerprint density at radius 2 is 1.87 bits per heavy atom. The number of nitrogens with one attached hydrogen (secondary N) is 1. The molecule has 0 atom stereocenters. The highest BCUT2D eigenvalue weighted by Gasteiger charge is 2.25. The van der Waals surface area contributed by atoms with E-state index in [0.717, 1.165) is 16.7 Å². The number of hydrogen-bond donors (Lipinski definition) is 1. The molecule has 2 amide bonds. The number of carbonyl (C=O) groups excluding carboxylic acids is 2. The lowest BCUT2D eigenvalue weighted by Crippen LogP contribution is -2.51. The number of hydrogen-bond acceptors (Lipinski definition) is 6. The Bertz CT molecular complexity index is 1040. The largest absolute Gasteiger partial charge is 0.480 e. The third-order valence-corrected chi connectivity index (χ3v) is 5.33. The Morgan fingerprint density at radius 3 is 2.57 bits per heavy atom. The molecule has 9 nitrogen and oxygen atoms in total. The van der Waals surface area contributed by atoms with Crippen molar-refractivity contribution in [2.75, 3.05) is 51.8 Å². The van der Waals surface area contributed by atoms with Crippen LogP contribution in [0.2, 0.25) is 0 Å². The summed E-state index contributed by atoms with van der Waals surface area (Å²) in [6, 6.07) is 11.3. The summed E-state index contributed by atoms with van der Waals surface area (Å²) in [7, 11) is 3.21. The third kappa shape index (κ3) is 3.91. The summed E-state index contributed by atoms with van der Waals surface area (Å²) >= 11 is 0. The first-order valence-electron chi connectivity index (χ1n) is 9.79. The highest BCUT2D eigenvalue weighted by atomic mass is 16.5. The lowest BCUT2D eigenvalue weighted by Gasteiger charge is -2.35. The topological polar surface area (TPSA) is 94.7 Å². The number of H-pyrrole nitrogens is 1. The van der Waals surface area contributed by atoms with Crippen LogP contribution in [0.3, 0.4) is 0 Å². The molecule has 0 unspecified atom stereocenters. The molecular formula is C21H24N6O3. The second-order valence-electron chi connectivity index (χ2n) is 7.21. The van der Waals surface area contributed by atoms with Crippen LogP contribution in [-0.2, 0) is 4.79 Å². The van der Waals surface area contributed by atoms with Gasteiger partial charge in [-0.2, -0.15) is 0 Å². The van der Waals surface area contributed by atoms with E-state index < -0.39 is 0 Å². The highest BCUT2D eigenvalue weighted by Crippen LogP contribution is 2.19. The van der Waals surface area contributed by atoms with Crippen molar-refractivity contribution >= 4 is 28.5 Å². The van der Waals surface area contributed by atoms with Crippen molar-refractivity contribution in [3.8, 4) is 5.88 Å². The number of benzene rings is 1. The van der Waals surface area contributed by atoms with Gasteiger partial charge < -0.3 is 24.4 Å². The second-order valence-corrected chi connectivity index (χ2v) is 7.21. The Morgan fingerprint density at radius 1 is 1.10 bits per heavy atom. The fourth-order valence-corrected chi connectivity index (χ4v) is 3.60. The summed E-state index contributed by atoms with van der Waals surface area (Å²) in [6.07, 6.45) is 1.70. The van der Waals surface area contributed by atoms with Gasteiger partial charge in [0.1, 0.15) is 0 Å². The van der Waals surface area contributed by atoms with Gasteiger partial charge in [0.25, 0.3) is 5.91 Å². The van der Waals surface area contributed by atoms with Crippen LogP contribution in [0.25, 0.3) is 10.9 Å². The van der Waals surface area contributed by atoms with E-state index in [1.165, 1.54) is 4.90 Å². The van der Waals surface area contributed by atoms with Crippen LogP contribution >= 0.6 is 0 Å². The number of carbonyl (C=O) groups is 2. The predicted molar refractivity (Wildman–Crippen MR) is 113 cm³/mol. The number of fused-ring (bicyclic) bond motifs is 1. The number of aromatic nitrogens is 3. The first-order chi connectivity index (χ1) is 14.6. The van der Waals surface area contributed by atoms with Gasteiger partial charge in [0.05, 0.1) is 19.2 Å². The monoisotopic (exact) mass is 408 g/mol. The number of piperazine rings is 1. The highest BCUT2D eigenvalue weighted by molar-refractivity contribution is 6.07. The molecule has 1 aromatic carbocycles. The summed E-state index contributed by atoms with van der Waals surface area (Å²) in [4.78, 5) is 34.0. The molecule has 3 heterocycles. The van der Waals surface area contributed by atoms with Gasteiger partial charge in [-0.05, 0) is 12.1 Å². The molecule has 1 N–H and O–H groups in total. The average Bonchev–Trinajstić information content (AvgIpc) is 3.23. The summed E-state index contributed by atoms with van der Waals surface area (Å²) in [6.45, 7) is 2.50. The molecule has 4 rings (SSSR count). The number of ether oxygens (including phenoxy) is 1. The fraction of sp³-hybridized carbons (Fsp3) is 0.333. The number of aromatic amines is 1. The normalized spacial score (nSPS) is 14.1. The molecule has 0 spiro atoms. The zero-order chi connectivity index (χ0) is 21.1. The molecule has 3 aromatic rings. The van der Waals surface area contributed by atoms with Gasteiger partial charge in [-0.3, -0.25) is 9.59 Å².